The van der Waals surface area contributed by atoms with E-state index in [1.54, 1.807) is 24.3 Å². The van der Waals surface area contributed by atoms with E-state index >= 15 is 0 Å². The fourth-order valence-electron chi connectivity index (χ4n) is 2.05. The minimum Gasteiger partial charge on any atom is -0.478 e. The predicted molar refractivity (Wildman–Crippen MR) is 94.0 cm³/mol. The summed E-state index contributed by atoms with van der Waals surface area (Å²) in [7, 11) is 0. The van der Waals surface area contributed by atoms with Gasteiger partial charge in [-0.1, -0.05) is 48.5 Å². The fourth-order valence-corrected chi connectivity index (χ4v) is 2.24. The molecule has 2 aromatic carbocycles. The number of carbonyl (C=O) groups excluding carboxylic acids is 1. The molecule has 0 aromatic heterocycles. The van der Waals surface area contributed by atoms with Crippen LogP contribution in [0.4, 0.5) is 0 Å². The topological polar surface area (TPSA) is 75.6 Å². The molecule has 0 fully saturated rings. The Morgan fingerprint density at radius 1 is 1.04 bits per heavy atom. The molecule has 2 N–H and O–H groups in total. The van der Waals surface area contributed by atoms with E-state index in [1.165, 1.54) is 0 Å². The lowest BCUT2D eigenvalue weighted by Gasteiger charge is -2.16. The van der Waals surface area contributed by atoms with E-state index in [1.807, 2.05) is 36.4 Å². The fraction of sp³-hybridized carbons (Fsp3) is 0.167. The van der Waals surface area contributed by atoms with Crippen molar-refractivity contribution in [3.05, 3.63) is 71.8 Å². The van der Waals surface area contributed by atoms with Gasteiger partial charge in [-0.2, -0.15) is 0 Å². The monoisotopic (exact) mass is 343 g/mol. The molecule has 0 aliphatic carbocycles. The van der Waals surface area contributed by atoms with E-state index in [0.717, 1.165) is 5.56 Å². The minimum absolute atomic E-state index is 0.0262. The Labute approximate surface area is 145 Å². The standard InChI is InChI=1S/C18H17NO4S/c20-17(14-9-5-2-6-10-14)19-12-16(24)23-15(18(21)22)11-13-7-3-1-4-8-13/h1-10,15H,11-12H2,(H,19,20)(H,21,22). The molecule has 124 valence electrons. The van der Waals surface area contributed by atoms with Gasteiger partial charge in [0.2, 0.25) is 0 Å². The number of amides is 1. The summed E-state index contributed by atoms with van der Waals surface area (Å²) in [5, 5.41) is 11.9. The van der Waals surface area contributed by atoms with E-state index in [-0.39, 0.29) is 23.9 Å². The van der Waals surface area contributed by atoms with Gasteiger partial charge < -0.3 is 15.2 Å². The third kappa shape index (κ3) is 5.48. The maximum Gasteiger partial charge on any atom is 0.345 e. The summed E-state index contributed by atoms with van der Waals surface area (Å²) in [6, 6.07) is 17.8. The molecule has 24 heavy (non-hydrogen) atoms. The highest BCUT2D eigenvalue weighted by atomic mass is 32.1. The van der Waals surface area contributed by atoms with Crippen molar-refractivity contribution in [2.75, 3.05) is 6.54 Å². The Morgan fingerprint density at radius 2 is 1.62 bits per heavy atom. The number of nitrogens with one attached hydrogen (secondary N) is 1. The quantitative estimate of drug-likeness (QED) is 0.755. The van der Waals surface area contributed by atoms with Crippen LogP contribution in [-0.2, 0) is 16.0 Å². The van der Waals surface area contributed by atoms with Gasteiger partial charge in [-0.25, -0.2) is 4.79 Å². The number of hydrogen-bond acceptors (Lipinski definition) is 4. The van der Waals surface area contributed by atoms with Crippen LogP contribution in [0.15, 0.2) is 60.7 Å². The van der Waals surface area contributed by atoms with E-state index in [4.69, 9.17) is 17.0 Å². The first-order chi connectivity index (χ1) is 11.6. The number of thiocarbonyl (C=S) groups is 1. The molecule has 1 unspecified atom stereocenters. The Balaban J connectivity index is 1.87. The van der Waals surface area contributed by atoms with E-state index in [9.17, 15) is 14.7 Å². The minimum atomic E-state index is -1.10. The average Bonchev–Trinajstić information content (AvgIpc) is 2.60. The van der Waals surface area contributed by atoms with Gasteiger partial charge in [-0.15, -0.1) is 0 Å². The summed E-state index contributed by atoms with van der Waals surface area (Å²) < 4.78 is 5.32. The van der Waals surface area contributed by atoms with Crippen LogP contribution < -0.4 is 5.32 Å². The van der Waals surface area contributed by atoms with Gasteiger partial charge in [-0.05, 0) is 29.9 Å². The number of benzene rings is 2. The second-order valence-corrected chi connectivity index (χ2v) is 5.51. The summed E-state index contributed by atoms with van der Waals surface area (Å²) >= 11 is 5.03. The zero-order chi connectivity index (χ0) is 17.4. The normalized spacial score (nSPS) is 11.3. The van der Waals surface area contributed by atoms with Crippen LogP contribution in [0, 0.1) is 0 Å². The van der Waals surface area contributed by atoms with Crippen molar-refractivity contribution in [1.29, 1.82) is 0 Å². The van der Waals surface area contributed by atoms with Crippen LogP contribution in [0.1, 0.15) is 15.9 Å². The highest BCUT2D eigenvalue weighted by Gasteiger charge is 2.21. The van der Waals surface area contributed by atoms with Crippen molar-refractivity contribution < 1.29 is 19.4 Å². The number of hydrogen-bond donors (Lipinski definition) is 2. The van der Waals surface area contributed by atoms with Crippen molar-refractivity contribution >= 4 is 29.1 Å². The first-order valence-corrected chi connectivity index (χ1v) is 7.76. The van der Waals surface area contributed by atoms with Crippen LogP contribution >= 0.6 is 12.2 Å². The molecule has 1 amide bonds. The Bertz CT molecular complexity index is 703. The van der Waals surface area contributed by atoms with Gasteiger partial charge in [0.05, 0.1) is 6.54 Å². The molecule has 0 radical (unpaired) electrons. The number of ether oxygens (including phenoxy) is 1. The number of carboxylic acids is 1. The van der Waals surface area contributed by atoms with Gasteiger partial charge in [-0.3, -0.25) is 4.79 Å². The molecular weight excluding hydrogens is 326 g/mol. The molecule has 0 saturated carbocycles. The van der Waals surface area contributed by atoms with E-state index < -0.39 is 12.1 Å². The van der Waals surface area contributed by atoms with Crippen LogP contribution in [0.2, 0.25) is 0 Å². The van der Waals surface area contributed by atoms with E-state index in [0.29, 0.717) is 5.56 Å². The lowest BCUT2D eigenvalue weighted by molar-refractivity contribution is -0.145. The predicted octanol–water partition coefficient (Wildman–Crippen LogP) is 2.46. The Morgan fingerprint density at radius 3 is 2.21 bits per heavy atom. The van der Waals surface area contributed by atoms with Crippen LogP contribution in [-0.4, -0.2) is 34.7 Å². The number of carbonyl (C=O) groups is 2. The lowest BCUT2D eigenvalue weighted by Crippen LogP contribution is -2.35. The van der Waals surface area contributed by atoms with Crippen LogP contribution in [0.25, 0.3) is 0 Å². The molecule has 5 nitrogen and oxygen atoms in total. The average molecular weight is 343 g/mol. The molecule has 1 atom stereocenters. The first-order valence-electron chi connectivity index (χ1n) is 7.35. The molecule has 2 aromatic rings. The molecule has 6 heteroatoms. The van der Waals surface area contributed by atoms with Crippen molar-refractivity contribution in [1.82, 2.24) is 5.32 Å². The lowest BCUT2D eigenvalue weighted by atomic mass is 10.1. The first kappa shape index (κ1) is 17.6. The van der Waals surface area contributed by atoms with Crippen molar-refractivity contribution in [2.24, 2.45) is 0 Å². The molecule has 0 bridgehead atoms. The maximum atomic E-state index is 11.9. The zero-order valence-corrected chi connectivity index (χ0v) is 13.7. The summed E-state index contributed by atoms with van der Waals surface area (Å²) in [5.41, 5.74) is 1.33. The van der Waals surface area contributed by atoms with Gasteiger partial charge in [0, 0.05) is 12.0 Å². The SMILES string of the molecule is O=C(NCC(=S)OC(Cc1ccccc1)C(=O)O)c1ccccc1. The van der Waals surface area contributed by atoms with Crippen LogP contribution in [0.3, 0.4) is 0 Å². The third-order valence-corrected chi connectivity index (χ3v) is 3.48. The van der Waals surface area contributed by atoms with Gasteiger partial charge in [0.25, 0.3) is 5.91 Å². The number of aliphatic carboxylic acids is 1. The second-order valence-electron chi connectivity index (χ2n) is 5.06. The maximum absolute atomic E-state index is 11.9. The van der Waals surface area contributed by atoms with Gasteiger partial charge in [0.15, 0.2) is 11.2 Å². The molecule has 0 saturated heterocycles. The number of rotatable bonds is 7. The second kappa shape index (κ2) is 8.79. The molecule has 0 aliphatic heterocycles. The largest absolute Gasteiger partial charge is 0.478 e. The summed E-state index contributed by atoms with van der Waals surface area (Å²) in [4.78, 5) is 23.2. The zero-order valence-electron chi connectivity index (χ0n) is 12.8. The van der Waals surface area contributed by atoms with Crippen molar-refractivity contribution in [3.8, 4) is 0 Å². The summed E-state index contributed by atoms with van der Waals surface area (Å²) in [5.74, 6) is -1.40. The smallest absolute Gasteiger partial charge is 0.345 e. The van der Waals surface area contributed by atoms with E-state index in [2.05, 4.69) is 5.32 Å². The van der Waals surface area contributed by atoms with Crippen molar-refractivity contribution in [2.45, 2.75) is 12.5 Å². The summed E-state index contributed by atoms with van der Waals surface area (Å²) in [6.07, 6.45) is -0.892. The molecular formula is C18H17NO4S. The molecule has 2 rings (SSSR count). The number of carboxylic acid groups (broad SMARTS) is 1. The van der Waals surface area contributed by atoms with Gasteiger partial charge >= 0.3 is 5.97 Å². The molecule has 0 spiro atoms. The molecule has 0 heterocycles. The molecule has 0 aliphatic rings. The van der Waals surface area contributed by atoms with Crippen LogP contribution in [0.5, 0.6) is 0 Å². The van der Waals surface area contributed by atoms with Gasteiger partial charge in [0.1, 0.15) is 0 Å². The Kier molecular flexibility index (Phi) is 6.45. The van der Waals surface area contributed by atoms with Crippen molar-refractivity contribution in [3.63, 3.8) is 0 Å². The summed E-state index contributed by atoms with van der Waals surface area (Å²) in [6.45, 7) is -0.0262. The highest BCUT2D eigenvalue weighted by Crippen LogP contribution is 2.07. The Hall–Kier alpha value is -2.73. The highest BCUT2D eigenvalue weighted by molar-refractivity contribution is 7.80. The third-order valence-electron chi connectivity index (χ3n) is 3.24.